The summed E-state index contributed by atoms with van der Waals surface area (Å²) < 4.78 is 7.74. The monoisotopic (exact) mass is 376 g/mol. The van der Waals surface area contributed by atoms with Crippen LogP contribution >= 0.6 is 0 Å². The zero-order valence-electron chi connectivity index (χ0n) is 17.3. The highest BCUT2D eigenvalue weighted by Gasteiger charge is 2.20. The van der Waals surface area contributed by atoms with Gasteiger partial charge in [-0.3, -0.25) is 4.98 Å². The maximum Gasteiger partial charge on any atom is 0.119 e. The lowest BCUT2D eigenvalue weighted by molar-refractivity contribution is 0.288. The summed E-state index contributed by atoms with van der Waals surface area (Å²) in [5.74, 6) is 0.874. The second-order valence-corrected chi connectivity index (χ2v) is 7.69. The summed E-state index contributed by atoms with van der Waals surface area (Å²) in [7, 11) is 8.06. The molecule has 0 aliphatic heterocycles. The summed E-state index contributed by atoms with van der Waals surface area (Å²) in [4.78, 5) is 6.99. The van der Waals surface area contributed by atoms with Gasteiger partial charge in [0.15, 0.2) is 0 Å². The Morgan fingerprint density at radius 2 is 1.93 bits per heavy atom. The fourth-order valence-corrected chi connectivity index (χ4v) is 4.51. The molecule has 5 nitrogen and oxygen atoms in total. The summed E-state index contributed by atoms with van der Waals surface area (Å²) >= 11 is 0. The van der Waals surface area contributed by atoms with Gasteiger partial charge in [-0.2, -0.15) is 0 Å². The zero-order chi connectivity index (χ0) is 20.0. The molecule has 0 aliphatic rings. The van der Waals surface area contributed by atoms with E-state index in [1.54, 1.807) is 7.11 Å². The maximum absolute atomic E-state index is 5.92. The number of ether oxygens (including phenoxy) is 1. The van der Waals surface area contributed by atoms with E-state index in [1.165, 1.54) is 38.3 Å². The van der Waals surface area contributed by atoms with Crippen LogP contribution in [0.3, 0.4) is 0 Å². The first-order valence-corrected chi connectivity index (χ1v) is 9.68. The summed E-state index contributed by atoms with van der Waals surface area (Å²) in [6.45, 7) is 2.82. The normalized spacial score (nSPS) is 13.1. The number of aryl methyl sites for hydroxylation is 2. The quantitative estimate of drug-likeness (QED) is 0.568. The predicted molar refractivity (Wildman–Crippen MR) is 117 cm³/mol. The van der Waals surface area contributed by atoms with Crippen molar-refractivity contribution in [3.63, 3.8) is 0 Å². The molecule has 0 fully saturated rings. The Hall–Kier alpha value is -2.63. The lowest BCUT2D eigenvalue weighted by Crippen LogP contribution is -2.23. The lowest BCUT2D eigenvalue weighted by atomic mass is 9.95. The first-order valence-electron chi connectivity index (χ1n) is 9.68. The molecule has 4 aromatic rings. The third kappa shape index (κ3) is 2.74. The average molecular weight is 377 g/mol. The zero-order valence-corrected chi connectivity index (χ0v) is 17.3. The first-order chi connectivity index (χ1) is 13.5. The van der Waals surface area contributed by atoms with Crippen molar-refractivity contribution in [1.82, 2.24) is 14.5 Å². The van der Waals surface area contributed by atoms with Gasteiger partial charge in [0.1, 0.15) is 5.75 Å². The molecule has 0 bridgehead atoms. The van der Waals surface area contributed by atoms with Gasteiger partial charge in [0.25, 0.3) is 0 Å². The molecule has 28 heavy (non-hydrogen) atoms. The molecular formula is C23H28N4O. The minimum atomic E-state index is 0.261. The van der Waals surface area contributed by atoms with Crippen LogP contribution in [-0.4, -0.2) is 42.2 Å². The highest BCUT2D eigenvalue weighted by atomic mass is 16.5. The molecule has 0 amide bonds. The Balaban J connectivity index is 2.12. The van der Waals surface area contributed by atoms with E-state index >= 15 is 0 Å². The number of hydrogen-bond donors (Lipinski definition) is 1. The van der Waals surface area contributed by atoms with Crippen molar-refractivity contribution in [3.05, 3.63) is 47.7 Å². The smallest absolute Gasteiger partial charge is 0.119 e. The first kappa shape index (κ1) is 18.7. The molecule has 1 atom stereocenters. The van der Waals surface area contributed by atoms with Gasteiger partial charge in [-0.15, -0.1) is 0 Å². The van der Waals surface area contributed by atoms with Crippen LogP contribution in [-0.2, 0) is 7.05 Å². The highest BCUT2D eigenvalue weighted by Crippen LogP contribution is 2.38. The van der Waals surface area contributed by atoms with E-state index in [0.717, 1.165) is 17.7 Å². The molecule has 0 aliphatic carbocycles. The van der Waals surface area contributed by atoms with E-state index in [2.05, 4.69) is 61.8 Å². The van der Waals surface area contributed by atoms with E-state index in [-0.39, 0.29) is 6.04 Å². The SMILES string of the molecule is COc1ccc2c(c1)c1cc3c(C(CCN)N(C)C)ccnc3c(C)c1n2C. The number of pyridine rings is 1. The molecule has 1 unspecified atom stereocenters. The van der Waals surface area contributed by atoms with Crippen LogP contribution < -0.4 is 10.5 Å². The minimum Gasteiger partial charge on any atom is -0.497 e. The Morgan fingerprint density at radius 3 is 2.61 bits per heavy atom. The average Bonchev–Trinajstić information content (AvgIpc) is 2.97. The van der Waals surface area contributed by atoms with Gasteiger partial charge in [0.05, 0.1) is 18.1 Å². The standard InChI is InChI=1S/C23H28N4O/c1-14-22-18(16(9-11-25-22)20(8-10-24)26(2)3)13-19-17-12-15(28-5)6-7-21(17)27(4)23(14)19/h6-7,9,11-13,20H,8,10,24H2,1-5H3. The minimum absolute atomic E-state index is 0.261. The van der Waals surface area contributed by atoms with Crippen molar-refractivity contribution in [2.45, 2.75) is 19.4 Å². The number of aromatic nitrogens is 2. The highest BCUT2D eigenvalue weighted by molar-refractivity contribution is 6.14. The van der Waals surface area contributed by atoms with E-state index in [1.807, 2.05) is 12.3 Å². The van der Waals surface area contributed by atoms with E-state index in [9.17, 15) is 0 Å². The van der Waals surface area contributed by atoms with Crippen molar-refractivity contribution >= 4 is 32.7 Å². The van der Waals surface area contributed by atoms with E-state index in [4.69, 9.17) is 15.5 Å². The van der Waals surface area contributed by atoms with Crippen LogP contribution in [0, 0.1) is 6.92 Å². The second kappa shape index (κ2) is 7.08. The topological polar surface area (TPSA) is 56.3 Å². The molecule has 0 saturated carbocycles. The molecule has 2 aromatic heterocycles. The summed E-state index contributed by atoms with van der Waals surface area (Å²) in [5, 5.41) is 3.65. The van der Waals surface area contributed by atoms with Crippen LogP contribution in [0.5, 0.6) is 5.75 Å². The van der Waals surface area contributed by atoms with Crippen molar-refractivity contribution in [1.29, 1.82) is 0 Å². The fraction of sp³-hybridized carbons (Fsp3) is 0.348. The Morgan fingerprint density at radius 1 is 1.14 bits per heavy atom. The molecule has 0 saturated heterocycles. The third-order valence-corrected chi connectivity index (χ3v) is 5.89. The number of benzene rings is 2. The Kier molecular flexibility index (Phi) is 4.73. The van der Waals surface area contributed by atoms with Gasteiger partial charge >= 0.3 is 0 Å². The van der Waals surface area contributed by atoms with E-state index in [0.29, 0.717) is 6.54 Å². The largest absolute Gasteiger partial charge is 0.497 e. The van der Waals surface area contributed by atoms with E-state index < -0.39 is 0 Å². The predicted octanol–water partition coefficient (Wildman–Crippen LogP) is 4.15. The van der Waals surface area contributed by atoms with Crippen molar-refractivity contribution in [2.75, 3.05) is 27.7 Å². The Bertz CT molecular complexity index is 1180. The number of hydrogen-bond acceptors (Lipinski definition) is 4. The molecule has 2 N–H and O–H groups in total. The number of rotatable bonds is 5. The van der Waals surface area contributed by atoms with Crippen molar-refractivity contribution < 1.29 is 4.74 Å². The van der Waals surface area contributed by atoms with Gasteiger partial charge in [0, 0.05) is 41.0 Å². The molecule has 0 spiro atoms. The van der Waals surface area contributed by atoms with Crippen LogP contribution in [0.25, 0.3) is 32.7 Å². The van der Waals surface area contributed by atoms with Crippen molar-refractivity contribution in [3.8, 4) is 5.75 Å². The molecule has 4 rings (SSSR count). The van der Waals surface area contributed by atoms with Crippen LogP contribution in [0.15, 0.2) is 36.5 Å². The molecule has 5 heteroatoms. The maximum atomic E-state index is 5.92. The molecule has 2 heterocycles. The molecular weight excluding hydrogens is 348 g/mol. The number of nitrogens with two attached hydrogens (primary N) is 1. The summed E-state index contributed by atoms with van der Waals surface area (Å²) in [6, 6.07) is 11.0. The third-order valence-electron chi connectivity index (χ3n) is 5.89. The summed E-state index contributed by atoms with van der Waals surface area (Å²) in [5.41, 5.74) is 11.9. The summed E-state index contributed by atoms with van der Waals surface area (Å²) in [6.07, 6.45) is 2.84. The van der Waals surface area contributed by atoms with Gasteiger partial charge in [-0.05, 0) is 75.4 Å². The Labute approximate surface area is 165 Å². The molecule has 2 aromatic carbocycles. The second-order valence-electron chi connectivity index (χ2n) is 7.69. The van der Waals surface area contributed by atoms with Gasteiger partial charge in [0.2, 0.25) is 0 Å². The van der Waals surface area contributed by atoms with Crippen LogP contribution in [0.4, 0.5) is 0 Å². The number of fused-ring (bicyclic) bond motifs is 4. The molecule has 146 valence electrons. The number of nitrogens with zero attached hydrogens (tertiary/aromatic N) is 3. The fourth-order valence-electron chi connectivity index (χ4n) is 4.51. The van der Waals surface area contributed by atoms with Crippen LogP contribution in [0.2, 0.25) is 0 Å². The van der Waals surface area contributed by atoms with Crippen molar-refractivity contribution in [2.24, 2.45) is 12.8 Å². The van der Waals surface area contributed by atoms with Gasteiger partial charge in [-0.25, -0.2) is 0 Å². The lowest BCUT2D eigenvalue weighted by Gasteiger charge is -2.25. The number of methoxy groups -OCH3 is 1. The molecule has 0 radical (unpaired) electrons. The van der Waals surface area contributed by atoms with Gasteiger partial charge < -0.3 is 19.9 Å². The van der Waals surface area contributed by atoms with Gasteiger partial charge in [-0.1, -0.05) is 0 Å². The van der Waals surface area contributed by atoms with Crippen LogP contribution in [0.1, 0.15) is 23.6 Å².